The summed E-state index contributed by atoms with van der Waals surface area (Å²) in [5.74, 6) is -0.219. The fourth-order valence-electron chi connectivity index (χ4n) is 3.86. The van der Waals surface area contributed by atoms with Crippen molar-refractivity contribution in [1.29, 1.82) is 0 Å². The first-order chi connectivity index (χ1) is 12.3. The minimum Gasteiger partial charge on any atom is -0.251 e. The van der Waals surface area contributed by atoms with Gasteiger partial charge in [-0.2, -0.15) is 0 Å². The molecular formula is C23H16FN. The molecule has 0 unspecified atom stereocenters. The molecule has 1 nitrogen and oxygen atoms in total. The molecule has 0 amide bonds. The van der Waals surface area contributed by atoms with Crippen LogP contribution in [-0.2, 0) is 6.42 Å². The molecule has 2 heteroatoms. The molecule has 0 saturated heterocycles. The quantitative estimate of drug-likeness (QED) is 0.549. The number of hydrogen-bond acceptors (Lipinski definition) is 1. The molecule has 0 atom stereocenters. The third-order valence-corrected chi connectivity index (χ3v) is 4.98. The molecule has 0 saturated carbocycles. The zero-order valence-electron chi connectivity index (χ0n) is 13.7. The van der Waals surface area contributed by atoms with Crippen LogP contribution in [0.2, 0.25) is 0 Å². The van der Waals surface area contributed by atoms with Crippen LogP contribution in [0.4, 0.5) is 4.39 Å². The molecule has 25 heavy (non-hydrogen) atoms. The third-order valence-electron chi connectivity index (χ3n) is 4.98. The van der Waals surface area contributed by atoms with Gasteiger partial charge in [0, 0.05) is 23.1 Å². The van der Waals surface area contributed by atoms with Crippen LogP contribution in [0.3, 0.4) is 0 Å². The Hall–Kier alpha value is -3.00. The van der Waals surface area contributed by atoms with E-state index in [4.69, 9.17) is 4.98 Å². The Morgan fingerprint density at radius 3 is 2.40 bits per heavy atom. The topological polar surface area (TPSA) is 12.9 Å². The summed E-state index contributed by atoms with van der Waals surface area (Å²) in [5.41, 5.74) is 9.38. The summed E-state index contributed by atoms with van der Waals surface area (Å²) in [6, 6.07) is 15.0. The average molecular weight is 325 g/mol. The lowest BCUT2D eigenvalue weighted by atomic mass is 9.86. The van der Waals surface area contributed by atoms with Crippen molar-refractivity contribution in [1.82, 2.24) is 4.98 Å². The number of rotatable bonds is 1. The van der Waals surface area contributed by atoms with Gasteiger partial charge in [0.15, 0.2) is 0 Å². The van der Waals surface area contributed by atoms with Crippen molar-refractivity contribution < 1.29 is 4.39 Å². The Labute approximate surface area is 146 Å². The summed E-state index contributed by atoms with van der Waals surface area (Å²) >= 11 is 0. The van der Waals surface area contributed by atoms with Crippen molar-refractivity contribution in [2.24, 2.45) is 0 Å². The first kappa shape index (κ1) is 14.4. The van der Waals surface area contributed by atoms with Gasteiger partial charge in [0.05, 0.1) is 11.4 Å². The van der Waals surface area contributed by atoms with E-state index in [-0.39, 0.29) is 5.82 Å². The van der Waals surface area contributed by atoms with Crippen LogP contribution >= 0.6 is 0 Å². The molecule has 0 fully saturated rings. The second-order valence-corrected chi connectivity index (χ2v) is 6.59. The molecule has 5 rings (SSSR count). The van der Waals surface area contributed by atoms with Crippen molar-refractivity contribution in [2.75, 3.05) is 0 Å². The van der Waals surface area contributed by atoms with Crippen LogP contribution in [0.1, 0.15) is 17.7 Å². The molecule has 0 aromatic heterocycles. The maximum atomic E-state index is 13.3. The maximum absolute atomic E-state index is 13.3. The number of hydrogen-bond donors (Lipinski definition) is 0. The van der Waals surface area contributed by atoms with Gasteiger partial charge >= 0.3 is 0 Å². The molecule has 1 aliphatic heterocycles. The van der Waals surface area contributed by atoms with E-state index in [0.29, 0.717) is 0 Å². The highest BCUT2D eigenvalue weighted by atomic mass is 19.1. The Morgan fingerprint density at radius 2 is 1.56 bits per heavy atom. The molecule has 2 bridgehead atoms. The van der Waals surface area contributed by atoms with E-state index in [1.165, 1.54) is 34.4 Å². The van der Waals surface area contributed by atoms with Gasteiger partial charge < -0.3 is 0 Å². The van der Waals surface area contributed by atoms with E-state index in [1.54, 1.807) is 0 Å². The zero-order chi connectivity index (χ0) is 16.8. The van der Waals surface area contributed by atoms with Crippen LogP contribution < -0.4 is 0 Å². The Balaban J connectivity index is 1.77. The molecule has 4 aliphatic rings. The number of fused-ring (bicyclic) bond motifs is 6. The highest BCUT2D eigenvalue weighted by Gasteiger charge is 2.27. The van der Waals surface area contributed by atoms with Gasteiger partial charge in [-0.15, -0.1) is 0 Å². The smallest absolute Gasteiger partial charge is 0.123 e. The van der Waals surface area contributed by atoms with Crippen LogP contribution in [0.15, 0.2) is 78.4 Å². The fourth-order valence-corrected chi connectivity index (χ4v) is 3.86. The standard InChI is InChI=1S/C23H16FN/c24-18-11-9-16(10-12-18)19-7-3-4-8-20-22-17-6-2-1-5-15(13-17)14-21(22)25-23(19)20/h1-12H,13-14H2. The first-order valence-corrected chi connectivity index (χ1v) is 8.53. The van der Waals surface area contributed by atoms with Gasteiger partial charge in [-0.05, 0) is 29.7 Å². The van der Waals surface area contributed by atoms with E-state index in [0.717, 1.165) is 35.4 Å². The van der Waals surface area contributed by atoms with Gasteiger partial charge in [-0.3, -0.25) is 4.98 Å². The van der Waals surface area contributed by atoms with Crippen molar-refractivity contribution in [3.63, 3.8) is 0 Å². The zero-order valence-corrected chi connectivity index (χ0v) is 13.7. The summed E-state index contributed by atoms with van der Waals surface area (Å²) in [4.78, 5) is 5.01. The SMILES string of the molecule is Fc1ccc(-c2ccccc3c4c(nc2-3)CC2=CC=CC=C4C2)cc1. The Bertz CT molecular complexity index is 1040. The fraction of sp³-hybridized carbons (Fsp3) is 0.0870. The monoisotopic (exact) mass is 325 g/mol. The number of benzene rings is 1. The van der Waals surface area contributed by atoms with Gasteiger partial charge in [0.25, 0.3) is 0 Å². The highest BCUT2D eigenvalue weighted by molar-refractivity contribution is 5.92. The summed E-state index contributed by atoms with van der Waals surface area (Å²) in [6.45, 7) is 0. The average Bonchev–Trinajstić information content (AvgIpc) is 2.74. The van der Waals surface area contributed by atoms with Crippen molar-refractivity contribution >= 4 is 5.57 Å². The minimum atomic E-state index is -0.219. The van der Waals surface area contributed by atoms with E-state index in [9.17, 15) is 4.39 Å². The molecule has 3 aliphatic carbocycles. The van der Waals surface area contributed by atoms with E-state index >= 15 is 0 Å². The van der Waals surface area contributed by atoms with Crippen molar-refractivity contribution in [3.05, 3.63) is 95.5 Å². The largest absolute Gasteiger partial charge is 0.251 e. The highest BCUT2D eigenvalue weighted by Crippen LogP contribution is 2.44. The number of aromatic nitrogens is 1. The van der Waals surface area contributed by atoms with Crippen molar-refractivity contribution in [2.45, 2.75) is 12.8 Å². The second kappa shape index (κ2) is 5.52. The van der Waals surface area contributed by atoms with Gasteiger partial charge in [0.2, 0.25) is 0 Å². The van der Waals surface area contributed by atoms with Crippen molar-refractivity contribution in [3.8, 4) is 22.4 Å². The van der Waals surface area contributed by atoms with Crippen LogP contribution in [0.5, 0.6) is 0 Å². The van der Waals surface area contributed by atoms with Gasteiger partial charge in [-0.1, -0.05) is 66.3 Å². The third kappa shape index (κ3) is 2.33. The predicted octanol–water partition coefficient (Wildman–Crippen LogP) is 5.82. The summed E-state index contributed by atoms with van der Waals surface area (Å²) < 4.78 is 13.3. The maximum Gasteiger partial charge on any atom is 0.123 e. The lowest BCUT2D eigenvalue weighted by Crippen LogP contribution is -2.02. The summed E-state index contributed by atoms with van der Waals surface area (Å²) in [5, 5.41) is 0. The summed E-state index contributed by atoms with van der Waals surface area (Å²) in [7, 11) is 0. The molecule has 1 aromatic carbocycles. The molecule has 1 heterocycles. The Kier molecular flexibility index (Phi) is 3.17. The number of nitrogens with zero attached hydrogens (tertiary/aromatic N) is 1. The minimum absolute atomic E-state index is 0.219. The van der Waals surface area contributed by atoms with E-state index < -0.39 is 0 Å². The first-order valence-electron chi connectivity index (χ1n) is 8.53. The number of halogens is 1. The van der Waals surface area contributed by atoms with Gasteiger partial charge in [0.1, 0.15) is 5.82 Å². The molecule has 1 aromatic rings. The second-order valence-electron chi connectivity index (χ2n) is 6.59. The molecular weight excluding hydrogens is 309 g/mol. The lowest BCUT2D eigenvalue weighted by molar-refractivity contribution is 0.628. The van der Waals surface area contributed by atoms with Crippen LogP contribution in [-0.4, -0.2) is 4.98 Å². The Morgan fingerprint density at radius 1 is 0.800 bits per heavy atom. The lowest BCUT2D eigenvalue weighted by Gasteiger charge is -2.17. The van der Waals surface area contributed by atoms with Crippen LogP contribution in [0.25, 0.3) is 28.0 Å². The molecule has 0 N–H and O–H groups in total. The normalized spacial score (nSPS) is 15.4. The van der Waals surface area contributed by atoms with Gasteiger partial charge in [-0.25, -0.2) is 4.39 Å². The molecule has 0 spiro atoms. The molecule has 120 valence electrons. The van der Waals surface area contributed by atoms with E-state index in [1.807, 2.05) is 18.2 Å². The predicted molar refractivity (Wildman–Crippen MR) is 99.8 cm³/mol. The van der Waals surface area contributed by atoms with E-state index in [2.05, 4.69) is 42.5 Å². The summed E-state index contributed by atoms with van der Waals surface area (Å²) in [6.07, 6.45) is 10.5. The number of allylic oxidation sites excluding steroid dienone is 6. The molecule has 0 radical (unpaired) electrons. The van der Waals surface area contributed by atoms with Crippen LogP contribution in [0, 0.1) is 5.82 Å².